The van der Waals surface area contributed by atoms with Crippen LogP contribution in [-0.2, 0) is 4.79 Å². The van der Waals surface area contributed by atoms with E-state index in [1.807, 2.05) is 49.4 Å². The molecule has 4 rings (SSSR count). The maximum Gasteiger partial charge on any atom is 0.255 e. The summed E-state index contributed by atoms with van der Waals surface area (Å²) in [5.74, 6) is 1.38. The Morgan fingerprint density at radius 3 is 2.58 bits per heavy atom. The quantitative estimate of drug-likeness (QED) is 0.659. The van der Waals surface area contributed by atoms with Gasteiger partial charge in [0.05, 0.1) is 26.0 Å². The van der Waals surface area contributed by atoms with Crippen LogP contribution in [-0.4, -0.2) is 29.9 Å². The van der Waals surface area contributed by atoms with Gasteiger partial charge in [-0.15, -0.1) is 0 Å². The topological polar surface area (TPSA) is 101 Å². The van der Waals surface area contributed by atoms with Crippen molar-refractivity contribution in [2.45, 2.75) is 13.0 Å². The van der Waals surface area contributed by atoms with Crippen molar-refractivity contribution in [2.75, 3.05) is 24.9 Å². The smallest absolute Gasteiger partial charge is 0.255 e. The molecule has 0 spiro atoms. The first kappa shape index (κ1) is 20.0. The predicted molar refractivity (Wildman–Crippen MR) is 116 cm³/mol. The minimum atomic E-state index is -0.568. The summed E-state index contributed by atoms with van der Waals surface area (Å²) < 4.78 is 12.5. The highest BCUT2D eigenvalue weighted by Crippen LogP contribution is 2.40. The fourth-order valence-electron chi connectivity index (χ4n) is 3.68. The number of nitrogens with one attached hydrogen (secondary N) is 2. The first-order valence-corrected chi connectivity index (χ1v) is 9.61. The average molecular weight is 415 g/mol. The molecule has 1 atom stereocenters. The molecule has 3 aromatic rings. The van der Waals surface area contributed by atoms with E-state index >= 15 is 0 Å². The van der Waals surface area contributed by atoms with E-state index in [0.29, 0.717) is 39.8 Å². The molecule has 8 heteroatoms. The summed E-state index contributed by atoms with van der Waals surface area (Å²) in [6, 6.07) is 16.3. The number of amides is 1. The number of carbonyl (C=O) groups is 1. The molecule has 8 nitrogen and oxygen atoms in total. The molecule has 0 aliphatic carbocycles. The standard InChI is InChI=1S/C23H21N5O3/c1-14-20(23(29)27-17-7-5-4-6-8-17)21(28-22(26-14)16(12-24)13-25-28)15-9-10-18(30-2)19(11-15)31-3/h4-11,13,21,26H,1-3H3,(H,27,29)/t21-/m0/s1. The SMILES string of the molecule is COc1ccc([C@H]2C(C(=O)Nc3ccccc3)=C(C)Nc3c(C#N)cnn32)cc1OC. The van der Waals surface area contributed by atoms with Gasteiger partial charge in [-0.25, -0.2) is 4.68 Å². The highest BCUT2D eigenvalue weighted by molar-refractivity contribution is 6.06. The molecule has 2 N–H and O–H groups in total. The summed E-state index contributed by atoms with van der Waals surface area (Å²) in [6.45, 7) is 1.81. The number of aromatic nitrogens is 2. The van der Waals surface area contributed by atoms with Crippen LogP contribution in [0.5, 0.6) is 11.5 Å². The van der Waals surface area contributed by atoms with Crippen molar-refractivity contribution < 1.29 is 14.3 Å². The van der Waals surface area contributed by atoms with Gasteiger partial charge in [-0.3, -0.25) is 4.79 Å². The molecular formula is C23H21N5O3. The molecule has 156 valence electrons. The minimum absolute atomic E-state index is 0.268. The number of hydrogen-bond donors (Lipinski definition) is 2. The number of nitriles is 1. The van der Waals surface area contributed by atoms with Crippen molar-refractivity contribution in [1.82, 2.24) is 9.78 Å². The molecule has 0 saturated carbocycles. The van der Waals surface area contributed by atoms with Gasteiger partial charge in [0.2, 0.25) is 0 Å². The number of fused-ring (bicyclic) bond motifs is 1. The number of benzene rings is 2. The lowest BCUT2D eigenvalue weighted by Gasteiger charge is -2.30. The summed E-state index contributed by atoms with van der Waals surface area (Å²) >= 11 is 0. The fourth-order valence-corrected chi connectivity index (χ4v) is 3.68. The van der Waals surface area contributed by atoms with Gasteiger partial charge in [-0.05, 0) is 36.8 Å². The van der Waals surface area contributed by atoms with Crippen molar-refractivity contribution in [2.24, 2.45) is 0 Å². The summed E-state index contributed by atoms with van der Waals surface area (Å²) in [7, 11) is 3.12. The van der Waals surface area contributed by atoms with Gasteiger partial charge in [-0.2, -0.15) is 10.4 Å². The van der Waals surface area contributed by atoms with Gasteiger partial charge in [0.15, 0.2) is 11.5 Å². The van der Waals surface area contributed by atoms with E-state index in [1.54, 1.807) is 25.0 Å². The van der Waals surface area contributed by atoms with E-state index in [0.717, 1.165) is 5.56 Å². The number of methoxy groups -OCH3 is 2. The summed E-state index contributed by atoms with van der Waals surface area (Å²) in [5, 5.41) is 20.0. The van der Waals surface area contributed by atoms with E-state index < -0.39 is 6.04 Å². The Bertz CT molecular complexity index is 1210. The molecule has 0 fully saturated rings. The Labute approximate surface area is 179 Å². The van der Waals surface area contributed by atoms with Gasteiger partial charge in [0, 0.05) is 11.4 Å². The van der Waals surface area contributed by atoms with Crippen LogP contribution < -0.4 is 20.1 Å². The maximum atomic E-state index is 13.4. The van der Waals surface area contributed by atoms with Crippen molar-refractivity contribution in [3.05, 3.63) is 77.1 Å². The number of ether oxygens (including phenoxy) is 2. The van der Waals surface area contributed by atoms with Crippen LogP contribution in [0.15, 0.2) is 66.0 Å². The number of nitrogens with zero attached hydrogens (tertiary/aromatic N) is 3. The molecule has 0 saturated heterocycles. The summed E-state index contributed by atoms with van der Waals surface area (Å²) in [4.78, 5) is 13.4. The fraction of sp³-hybridized carbons (Fsp3) is 0.174. The Balaban J connectivity index is 1.84. The van der Waals surface area contributed by atoms with E-state index in [9.17, 15) is 10.1 Å². The monoisotopic (exact) mass is 415 g/mol. The molecular weight excluding hydrogens is 394 g/mol. The van der Waals surface area contributed by atoms with Gasteiger partial charge in [0.1, 0.15) is 23.5 Å². The van der Waals surface area contributed by atoms with Crippen LogP contribution in [0.1, 0.15) is 24.1 Å². The van der Waals surface area contributed by atoms with E-state index in [-0.39, 0.29) is 5.91 Å². The third-order valence-electron chi connectivity index (χ3n) is 5.14. The van der Waals surface area contributed by atoms with Crippen LogP contribution in [0.4, 0.5) is 11.5 Å². The molecule has 1 amide bonds. The van der Waals surface area contributed by atoms with Crippen LogP contribution in [0, 0.1) is 11.3 Å². The summed E-state index contributed by atoms with van der Waals surface area (Å²) in [6.07, 6.45) is 1.49. The van der Waals surface area contributed by atoms with E-state index in [1.165, 1.54) is 6.20 Å². The molecule has 2 heterocycles. The number of anilines is 2. The first-order chi connectivity index (χ1) is 15.1. The highest BCUT2D eigenvalue weighted by Gasteiger charge is 2.34. The Kier molecular flexibility index (Phi) is 5.33. The van der Waals surface area contributed by atoms with Gasteiger partial charge >= 0.3 is 0 Å². The third-order valence-corrected chi connectivity index (χ3v) is 5.14. The maximum absolute atomic E-state index is 13.4. The molecule has 1 aliphatic rings. The first-order valence-electron chi connectivity index (χ1n) is 9.61. The summed E-state index contributed by atoms with van der Waals surface area (Å²) in [5.41, 5.74) is 2.97. The Morgan fingerprint density at radius 2 is 1.90 bits per heavy atom. The van der Waals surface area contributed by atoms with Crippen LogP contribution in [0.2, 0.25) is 0 Å². The lowest BCUT2D eigenvalue weighted by Crippen LogP contribution is -2.31. The zero-order valence-electron chi connectivity index (χ0n) is 17.3. The number of allylic oxidation sites excluding steroid dienone is 1. The molecule has 2 aromatic carbocycles. The molecule has 0 unspecified atom stereocenters. The predicted octanol–water partition coefficient (Wildman–Crippen LogP) is 3.70. The van der Waals surface area contributed by atoms with Crippen molar-refractivity contribution in [3.63, 3.8) is 0 Å². The molecule has 1 aliphatic heterocycles. The normalized spacial score (nSPS) is 14.8. The number of carbonyl (C=O) groups excluding carboxylic acids is 1. The van der Waals surface area contributed by atoms with Gasteiger partial charge in [-0.1, -0.05) is 24.3 Å². The lowest BCUT2D eigenvalue weighted by molar-refractivity contribution is -0.113. The average Bonchev–Trinajstić information content (AvgIpc) is 3.20. The number of para-hydroxylation sites is 1. The van der Waals surface area contributed by atoms with Crippen molar-refractivity contribution in [3.8, 4) is 17.6 Å². The molecule has 0 bridgehead atoms. The largest absolute Gasteiger partial charge is 0.493 e. The second-order valence-electron chi connectivity index (χ2n) is 6.96. The van der Waals surface area contributed by atoms with E-state index in [4.69, 9.17) is 9.47 Å². The van der Waals surface area contributed by atoms with Crippen molar-refractivity contribution >= 4 is 17.4 Å². The molecule has 1 aromatic heterocycles. The van der Waals surface area contributed by atoms with Gasteiger partial charge in [0.25, 0.3) is 5.91 Å². The third kappa shape index (κ3) is 3.57. The molecule has 31 heavy (non-hydrogen) atoms. The Morgan fingerprint density at radius 1 is 1.16 bits per heavy atom. The van der Waals surface area contributed by atoms with Crippen LogP contribution in [0.3, 0.4) is 0 Å². The second kappa shape index (κ2) is 8.24. The minimum Gasteiger partial charge on any atom is -0.493 e. The zero-order chi connectivity index (χ0) is 22.0. The van der Waals surface area contributed by atoms with Crippen molar-refractivity contribution in [1.29, 1.82) is 5.26 Å². The number of hydrogen-bond acceptors (Lipinski definition) is 6. The second-order valence-corrected chi connectivity index (χ2v) is 6.96. The number of rotatable bonds is 5. The zero-order valence-corrected chi connectivity index (χ0v) is 17.3. The van der Waals surface area contributed by atoms with Gasteiger partial charge < -0.3 is 20.1 Å². The van der Waals surface area contributed by atoms with Crippen LogP contribution in [0.25, 0.3) is 0 Å². The highest BCUT2D eigenvalue weighted by atomic mass is 16.5. The Hall–Kier alpha value is -4.25. The molecule has 0 radical (unpaired) electrons. The lowest BCUT2D eigenvalue weighted by atomic mass is 9.94. The van der Waals surface area contributed by atoms with E-state index in [2.05, 4.69) is 21.8 Å². The van der Waals surface area contributed by atoms with Crippen LogP contribution >= 0.6 is 0 Å².